The molecule has 0 saturated carbocycles. The highest BCUT2D eigenvalue weighted by Crippen LogP contribution is 2.36. The van der Waals surface area contributed by atoms with E-state index in [1.807, 2.05) is 25.1 Å². The number of methoxy groups -OCH3 is 2. The molecule has 0 unspecified atom stereocenters. The number of imide groups is 1. The lowest BCUT2D eigenvalue weighted by Gasteiger charge is -2.14. The molecule has 7 nitrogen and oxygen atoms in total. The van der Waals surface area contributed by atoms with Gasteiger partial charge in [0.25, 0.3) is 11.1 Å². The molecule has 0 bridgehead atoms. The van der Waals surface area contributed by atoms with Crippen LogP contribution in [0.3, 0.4) is 0 Å². The first-order chi connectivity index (χ1) is 15.4. The number of anilines is 1. The van der Waals surface area contributed by atoms with Crippen molar-refractivity contribution in [1.82, 2.24) is 4.90 Å². The van der Waals surface area contributed by atoms with Crippen molar-refractivity contribution in [3.05, 3.63) is 70.6 Å². The van der Waals surface area contributed by atoms with E-state index in [2.05, 4.69) is 11.9 Å². The van der Waals surface area contributed by atoms with Gasteiger partial charge >= 0.3 is 0 Å². The molecule has 1 heterocycles. The summed E-state index contributed by atoms with van der Waals surface area (Å²) in [5, 5.41) is 2.25. The van der Waals surface area contributed by atoms with Gasteiger partial charge in [0.15, 0.2) is 11.5 Å². The van der Waals surface area contributed by atoms with Gasteiger partial charge in [-0.25, -0.2) is 0 Å². The predicted molar refractivity (Wildman–Crippen MR) is 126 cm³/mol. The summed E-state index contributed by atoms with van der Waals surface area (Å²) in [7, 11) is 3.08. The fraction of sp³-hybridized carbons (Fsp3) is 0.208. The fourth-order valence-corrected chi connectivity index (χ4v) is 4.13. The molecular formula is C24H24N2O5S. The third-order valence-corrected chi connectivity index (χ3v) is 5.74. The van der Waals surface area contributed by atoms with E-state index in [4.69, 9.17) is 9.47 Å². The van der Waals surface area contributed by atoms with Crippen LogP contribution in [0.1, 0.15) is 16.7 Å². The first kappa shape index (κ1) is 23.1. The molecule has 0 atom stereocenters. The SMILES string of the molecule is C=CCc1cc(/C=C2\SC(=O)N(CC(=O)Nc3ccccc3C)C2=O)cc(OC)c1OC. The highest BCUT2D eigenvalue weighted by Gasteiger charge is 2.36. The lowest BCUT2D eigenvalue weighted by molar-refractivity contribution is -0.127. The highest BCUT2D eigenvalue weighted by molar-refractivity contribution is 8.18. The van der Waals surface area contributed by atoms with E-state index in [1.165, 1.54) is 7.11 Å². The maximum Gasteiger partial charge on any atom is 0.294 e. The Bertz CT molecular complexity index is 1110. The minimum atomic E-state index is -0.514. The Balaban J connectivity index is 1.81. The largest absolute Gasteiger partial charge is 0.493 e. The number of carbonyl (C=O) groups excluding carboxylic acids is 3. The summed E-state index contributed by atoms with van der Waals surface area (Å²) in [6, 6.07) is 10.9. The number of nitrogens with zero attached hydrogens (tertiary/aromatic N) is 1. The molecule has 0 aromatic heterocycles. The quantitative estimate of drug-likeness (QED) is 0.472. The minimum Gasteiger partial charge on any atom is -0.493 e. The molecule has 3 rings (SSSR count). The Morgan fingerprint density at radius 1 is 1.19 bits per heavy atom. The number of thioether (sulfide) groups is 1. The summed E-state index contributed by atoms with van der Waals surface area (Å²) in [5.41, 5.74) is 3.04. The summed E-state index contributed by atoms with van der Waals surface area (Å²) in [6.45, 7) is 5.26. The van der Waals surface area contributed by atoms with Gasteiger partial charge in [-0.2, -0.15) is 0 Å². The Kier molecular flexibility index (Phi) is 7.37. The third kappa shape index (κ3) is 5.03. The van der Waals surface area contributed by atoms with Crippen molar-refractivity contribution in [3.8, 4) is 11.5 Å². The molecule has 0 aliphatic carbocycles. The Labute approximate surface area is 191 Å². The normalized spacial score (nSPS) is 14.6. The molecule has 1 aliphatic heterocycles. The van der Waals surface area contributed by atoms with Crippen molar-refractivity contribution in [1.29, 1.82) is 0 Å². The minimum absolute atomic E-state index is 0.232. The van der Waals surface area contributed by atoms with Crippen LogP contribution < -0.4 is 14.8 Å². The van der Waals surface area contributed by atoms with E-state index in [9.17, 15) is 14.4 Å². The van der Waals surface area contributed by atoms with Gasteiger partial charge in [-0.15, -0.1) is 6.58 Å². The molecule has 0 spiro atoms. The van der Waals surface area contributed by atoms with Crippen molar-refractivity contribution >= 4 is 40.6 Å². The van der Waals surface area contributed by atoms with E-state index in [-0.39, 0.29) is 11.4 Å². The van der Waals surface area contributed by atoms with Crippen LogP contribution in [0.4, 0.5) is 10.5 Å². The first-order valence-electron chi connectivity index (χ1n) is 9.84. The van der Waals surface area contributed by atoms with E-state index in [0.29, 0.717) is 29.2 Å². The van der Waals surface area contributed by atoms with Crippen LogP contribution in [0.25, 0.3) is 6.08 Å². The van der Waals surface area contributed by atoms with Gasteiger partial charge < -0.3 is 14.8 Å². The molecule has 2 aromatic rings. The van der Waals surface area contributed by atoms with E-state index in [0.717, 1.165) is 27.8 Å². The number of para-hydroxylation sites is 1. The monoisotopic (exact) mass is 452 g/mol. The fourth-order valence-electron chi connectivity index (χ4n) is 3.29. The number of nitrogens with one attached hydrogen (secondary N) is 1. The summed E-state index contributed by atoms with van der Waals surface area (Å²) in [5.74, 6) is 0.141. The van der Waals surface area contributed by atoms with Gasteiger partial charge in [-0.05, 0) is 60.5 Å². The number of amides is 3. The standard InChI is InChI=1S/C24H24N2O5S/c1-5-8-17-11-16(12-19(30-3)22(17)31-4)13-20-23(28)26(24(29)32-20)14-21(27)25-18-10-7-6-9-15(18)2/h5-7,9-13H,1,8,14H2,2-4H3,(H,25,27)/b20-13-. The molecule has 8 heteroatoms. The topological polar surface area (TPSA) is 84.9 Å². The van der Waals surface area contributed by atoms with Crippen LogP contribution in [0, 0.1) is 6.92 Å². The highest BCUT2D eigenvalue weighted by atomic mass is 32.2. The van der Waals surface area contributed by atoms with E-state index >= 15 is 0 Å². The second-order valence-electron chi connectivity index (χ2n) is 7.04. The number of rotatable bonds is 8. The second kappa shape index (κ2) is 10.2. The van der Waals surface area contributed by atoms with Crippen molar-refractivity contribution in [3.63, 3.8) is 0 Å². The van der Waals surface area contributed by atoms with Crippen molar-refractivity contribution in [2.75, 3.05) is 26.1 Å². The van der Waals surface area contributed by atoms with Crippen molar-refractivity contribution in [2.45, 2.75) is 13.3 Å². The molecule has 1 N–H and O–H groups in total. The number of benzene rings is 2. The molecule has 1 aliphatic rings. The van der Waals surface area contributed by atoms with Gasteiger partial charge in [0, 0.05) is 11.3 Å². The number of allylic oxidation sites excluding steroid dienone is 1. The number of hydrogen-bond donors (Lipinski definition) is 1. The third-order valence-electron chi connectivity index (χ3n) is 4.83. The van der Waals surface area contributed by atoms with E-state index in [1.54, 1.807) is 37.5 Å². The Morgan fingerprint density at radius 3 is 2.59 bits per heavy atom. The number of ether oxygens (including phenoxy) is 2. The molecule has 0 radical (unpaired) electrons. The molecule has 3 amide bonds. The second-order valence-corrected chi connectivity index (χ2v) is 8.03. The smallest absolute Gasteiger partial charge is 0.294 e. The van der Waals surface area contributed by atoms with Crippen molar-refractivity contribution < 1.29 is 23.9 Å². The lowest BCUT2D eigenvalue weighted by atomic mass is 10.0. The summed E-state index contributed by atoms with van der Waals surface area (Å²) in [4.78, 5) is 38.8. The van der Waals surface area contributed by atoms with Crippen molar-refractivity contribution in [2.24, 2.45) is 0 Å². The summed E-state index contributed by atoms with van der Waals surface area (Å²) < 4.78 is 10.8. The average Bonchev–Trinajstić information content (AvgIpc) is 3.02. The molecule has 1 fully saturated rings. The molecular weight excluding hydrogens is 428 g/mol. The first-order valence-corrected chi connectivity index (χ1v) is 10.7. The van der Waals surface area contributed by atoms with Crippen LogP contribution in [-0.2, 0) is 16.0 Å². The number of aryl methyl sites for hydroxylation is 1. The van der Waals surface area contributed by atoms with Gasteiger partial charge in [0.1, 0.15) is 6.54 Å². The number of hydrogen-bond acceptors (Lipinski definition) is 6. The van der Waals surface area contributed by atoms with Crippen LogP contribution in [-0.4, -0.2) is 42.7 Å². The van der Waals surface area contributed by atoms with Gasteiger partial charge in [0.2, 0.25) is 5.91 Å². The van der Waals surface area contributed by atoms with Crippen LogP contribution in [0.5, 0.6) is 11.5 Å². The zero-order valence-corrected chi connectivity index (χ0v) is 19.0. The zero-order chi connectivity index (χ0) is 23.3. The Morgan fingerprint density at radius 2 is 1.94 bits per heavy atom. The average molecular weight is 453 g/mol. The van der Waals surface area contributed by atoms with Gasteiger partial charge in [-0.3, -0.25) is 19.3 Å². The Hall–Kier alpha value is -3.52. The zero-order valence-electron chi connectivity index (χ0n) is 18.1. The van der Waals surface area contributed by atoms with Crippen LogP contribution in [0.2, 0.25) is 0 Å². The van der Waals surface area contributed by atoms with Gasteiger partial charge in [0.05, 0.1) is 19.1 Å². The summed E-state index contributed by atoms with van der Waals surface area (Å²) in [6.07, 6.45) is 3.89. The molecule has 166 valence electrons. The molecule has 32 heavy (non-hydrogen) atoms. The van der Waals surface area contributed by atoms with E-state index < -0.39 is 17.1 Å². The maximum atomic E-state index is 12.8. The van der Waals surface area contributed by atoms with Crippen LogP contribution in [0.15, 0.2) is 54.0 Å². The predicted octanol–water partition coefficient (Wildman–Crippen LogP) is 4.42. The molecule has 2 aromatic carbocycles. The summed E-state index contributed by atoms with van der Waals surface area (Å²) >= 11 is 0.797. The molecule has 1 saturated heterocycles. The van der Waals surface area contributed by atoms with Crippen LogP contribution >= 0.6 is 11.8 Å². The number of carbonyl (C=O) groups is 3. The lowest BCUT2D eigenvalue weighted by Crippen LogP contribution is -2.36. The van der Waals surface area contributed by atoms with Gasteiger partial charge in [-0.1, -0.05) is 24.3 Å². The maximum absolute atomic E-state index is 12.8.